The average molecular weight is 349 g/mol. The number of nitrogens with two attached hydrogens (primary N) is 1. The minimum atomic E-state index is -0.418. The van der Waals surface area contributed by atoms with Crippen LogP contribution in [0, 0.1) is 6.92 Å². The van der Waals surface area contributed by atoms with Crippen LogP contribution < -0.4 is 16.4 Å². The van der Waals surface area contributed by atoms with Gasteiger partial charge in [-0.25, -0.2) is 4.98 Å². The number of carbonyl (C=O) groups excluding carboxylic acids is 1. The van der Waals surface area contributed by atoms with E-state index in [-0.39, 0.29) is 0 Å². The molecule has 1 aromatic carbocycles. The maximum absolute atomic E-state index is 11.6. The Balaban J connectivity index is 1.80. The van der Waals surface area contributed by atoms with Gasteiger partial charge < -0.3 is 21.4 Å². The van der Waals surface area contributed by atoms with E-state index in [1.807, 2.05) is 31.3 Å². The largest absolute Gasteiger partial charge is 0.367 e. The lowest BCUT2D eigenvalue weighted by Crippen LogP contribution is -2.35. The quantitative estimate of drug-likeness (QED) is 0.582. The van der Waals surface area contributed by atoms with Crippen molar-refractivity contribution in [2.24, 2.45) is 5.73 Å². The van der Waals surface area contributed by atoms with Crippen molar-refractivity contribution in [3.8, 4) is 11.1 Å². The molecule has 3 heterocycles. The third kappa shape index (κ3) is 3.15. The third-order valence-electron chi connectivity index (χ3n) is 5.03. The number of rotatable bonds is 4. The fourth-order valence-corrected chi connectivity index (χ4v) is 3.58. The number of piperidine rings is 1. The molecule has 4 rings (SSSR count). The van der Waals surface area contributed by atoms with Gasteiger partial charge in [-0.05, 0) is 73.8 Å². The SMILES string of the molecule is Cc1ccc(C(N)=O)cc1-c1cc(NC2CCNCC2)nc2[nH]ccc12. The van der Waals surface area contributed by atoms with Gasteiger partial charge >= 0.3 is 0 Å². The number of H-pyrrole nitrogens is 1. The first-order valence-electron chi connectivity index (χ1n) is 8.98. The van der Waals surface area contributed by atoms with Gasteiger partial charge in [0.2, 0.25) is 5.91 Å². The summed E-state index contributed by atoms with van der Waals surface area (Å²) >= 11 is 0. The summed E-state index contributed by atoms with van der Waals surface area (Å²) in [6.45, 7) is 4.09. The summed E-state index contributed by atoms with van der Waals surface area (Å²) in [5.41, 5.74) is 9.98. The summed E-state index contributed by atoms with van der Waals surface area (Å²) in [5.74, 6) is 0.435. The number of pyridine rings is 1. The number of nitrogens with zero attached hydrogens (tertiary/aromatic N) is 1. The van der Waals surface area contributed by atoms with Gasteiger partial charge in [0.1, 0.15) is 11.5 Å². The molecule has 1 amide bonds. The van der Waals surface area contributed by atoms with E-state index >= 15 is 0 Å². The predicted molar refractivity (Wildman–Crippen MR) is 104 cm³/mol. The van der Waals surface area contributed by atoms with Crippen LogP contribution in [-0.4, -0.2) is 35.0 Å². The number of amides is 1. The molecule has 0 saturated carbocycles. The van der Waals surface area contributed by atoms with E-state index in [0.717, 1.165) is 59.5 Å². The number of carbonyl (C=O) groups is 1. The second-order valence-electron chi connectivity index (χ2n) is 6.86. The molecule has 134 valence electrons. The van der Waals surface area contributed by atoms with Crippen LogP contribution in [0.15, 0.2) is 36.5 Å². The molecular formula is C20H23N5O. The van der Waals surface area contributed by atoms with Crippen LogP contribution in [0.3, 0.4) is 0 Å². The molecule has 0 atom stereocenters. The normalized spacial score (nSPS) is 15.3. The van der Waals surface area contributed by atoms with Gasteiger partial charge in [0, 0.05) is 23.2 Å². The minimum Gasteiger partial charge on any atom is -0.367 e. The highest BCUT2D eigenvalue weighted by Crippen LogP contribution is 2.33. The van der Waals surface area contributed by atoms with Gasteiger partial charge in [0.25, 0.3) is 0 Å². The fourth-order valence-electron chi connectivity index (χ4n) is 3.58. The smallest absolute Gasteiger partial charge is 0.248 e. The van der Waals surface area contributed by atoms with Gasteiger partial charge in [0.05, 0.1) is 0 Å². The lowest BCUT2D eigenvalue weighted by molar-refractivity contribution is 0.100. The first kappa shape index (κ1) is 16.6. The van der Waals surface area contributed by atoms with Gasteiger partial charge in [-0.2, -0.15) is 0 Å². The number of primary amides is 1. The molecule has 2 aromatic heterocycles. The summed E-state index contributed by atoms with van der Waals surface area (Å²) in [6, 6.07) is 10.1. The number of fused-ring (bicyclic) bond motifs is 1. The van der Waals surface area contributed by atoms with Crippen molar-refractivity contribution in [3.05, 3.63) is 47.7 Å². The molecule has 6 heteroatoms. The zero-order valence-corrected chi connectivity index (χ0v) is 14.8. The number of aromatic nitrogens is 2. The number of benzene rings is 1. The van der Waals surface area contributed by atoms with E-state index in [1.165, 1.54) is 0 Å². The zero-order chi connectivity index (χ0) is 18.1. The van der Waals surface area contributed by atoms with Crippen molar-refractivity contribution in [1.82, 2.24) is 15.3 Å². The van der Waals surface area contributed by atoms with E-state index in [4.69, 9.17) is 10.7 Å². The van der Waals surface area contributed by atoms with Crippen LogP contribution in [-0.2, 0) is 0 Å². The Morgan fingerprint density at radius 1 is 1.19 bits per heavy atom. The lowest BCUT2D eigenvalue weighted by atomic mass is 9.96. The molecule has 1 aliphatic heterocycles. The molecule has 1 fully saturated rings. The number of hydrogen-bond donors (Lipinski definition) is 4. The van der Waals surface area contributed by atoms with Crippen molar-refractivity contribution in [2.45, 2.75) is 25.8 Å². The third-order valence-corrected chi connectivity index (χ3v) is 5.03. The number of hydrogen-bond acceptors (Lipinski definition) is 4. The molecule has 5 N–H and O–H groups in total. The highest BCUT2D eigenvalue weighted by molar-refractivity contribution is 5.99. The van der Waals surface area contributed by atoms with Crippen LogP contribution in [0.1, 0.15) is 28.8 Å². The topological polar surface area (TPSA) is 95.8 Å². The van der Waals surface area contributed by atoms with E-state index in [2.05, 4.69) is 21.7 Å². The number of aryl methyl sites for hydroxylation is 1. The van der Waals surface area contributed by atoms with Crippen molar-refractivity contribution in [1.29, 1.82) is 0 Å². The highest BCUT2D eigenvalue weighted by Gasteiger charge is 2.16. The Hall–Kier alpha value is -2.86. The Bertz CT molecular complexity index is 956. The molecule has 0 bridgehead atoms. The van der Waals surface area contributed by atoms with Crippen LogP contribution in [0.4, 0.5) is 5.82 Å². The second-order valence-corrected chi connectivity index (χ2v) is 6.86. The highest BCUT2D eigenvalue weighted by atomic mass is 16.1. The zero-order valence-electron chi connectivity index (χ0n) is 14.8. The van der Waals surface area contributed by atoms with Crippen molar-refractivity contribution >= 4 is 22.8 Å². The molecule has 1 aliphatic rings. The molecule has 0 aliphatic carbocycles. The Labute approximate surface area is 152 Å². The predicted octanol–water partition coefficient (Wildman–Crippen LogP) is 2.80. The van der Waals surface area contributed by atoms with E-state index in [0.29, 0.717) is 11.6 Å². The van der Waals surface area contributed by atoms with Crippen LogP contribution in [0.2, 0.25) is 0 Å². The summed E-state index contributed by atoms with van der Waals surface area (Å²) in [4.78, 5) is 19.6. The maximum Gasteiger partial charge on any atom is 0.248 e. The maximum atomic E-state index is 11.6. The Morgan fingerprint density at radius 3 is 2.77 bits per heavy atom. The van der Waals surface area contributed by atoms with E-state index in [9.17, 15) is 4.79 Å². The van der Waals surface area contributed by atoms with Gasteiger partial charge in [-0.15, -0.1) is 0 Å². The second kappa shape index (κ2) is 6.80. The number of aromatic amines is 1. The fraction of sp³-hybridized carbons (Fsp3) is 0.300. The molecule has 0 unspecified atom stereocenters. The molecule has 0 spiro atoms. The summed E-state index contributed by atoms with van der Waals surface area (Å²) < 4.78 is 0. The molecule has 3 aromatic rings. The van der Waals surface area contributed by atoms with Crippen molar-refractivity contribution < 1.29 is 4.79 Å². The monoisotopic (exact) mass is 349 g/mol. The van der Waals surface area contributed by atoms with Crippen LogP contribution in [0.5, 0.6) is 0 Å². The van der Waals surface area contributed by atoms with Gasteiger partial charge in [0.15, 0.2) is 0 Å². The Morgan fingerprint density at radius 2 is 2.00 bits per heavy atom. The summed E-state index contributed by atoms with van der Waals surface area (Å²) in [6.07, 6.45) is 4.05. The molecule has 0 radical (unpaired) electrons. The average Bonchev–Trinajstić information content (AvgIpc) is 3.11. The summed E-state index contributed by atoms with van der Waals surface area (Å²) in [5, 5.41) is 7.98. The molecule has 1 saturated heterocycles. The molecule has 26 heavy (non-hydrogen) atoms. The lowest BCUT2D eigenvalue weighted by Gasteiger charge is -2.24. The first-order chi connectivity index (χ1) is 12.6. The Kier molecular flexibility index (Phi) is 4.34. The van der Waals surface area contributed by atoms with Gasteiger partial charge in [-0.1, -0.05) is 6.07 Å². The van der Waals surface area contributed by atoms with Crippen LogP contribution in [0.25, 0.3) is 22.2 Å². The standard InChI is InChI=1S/C20H23N5O/c1-12-2-3-13(19(21)26)10-16(12)17-11-18(24-14-4-7-22-8-5-14)25-20-15(17)6-9-23-20/h2-3,6,9-11,14,22H,4-5,7-8H2,1H3,(H2,21,26)(H2,23,24,25). The van der Waals surface area contributed by atoms with E-state index in [1.54, 1.807) is 6.07 Å². The van der Waals surface area contributed by atoms with E-state index < -0.39 is 5.91 Å². The minimum absolute atomic E-state index is 0.418. The molecule has 6 nitrogen and oxygen atoms in total. The van der Waals surface area contributed by atoms with Gasteiger partial charge in [-0.3, -0.25) is 4.79 Å². The molecular weight excluding hydrogens is 326 g/mol. The van der Waals surface area contributed by atoms with Crippen molar-refractivity contribution in [3.63, 3.8) is 0 Å². The van der Waals surface area contributed by atoms with Crippen LogP contribution >= 0.6 is 0 Å². The number of anilines is 1. The van der Waals surface area contributed by atoms with Crippen molar-refractivity contribution in [2.75, 3.05) is 18.4 Å². The first-order valence-corrected chi connectivity index (χ1v) is 8.98. The number of nitrogens with one attached hydrogen (secondary N) is 3. The summed E-state index contributed by atoms with van der Waals surface area (Å²) in [7, 11) is 0.